The number of aryl methyl sites for hydroxylation is 3. The van der Waals surface area contributed by atoms with Gasteiger partial charge >= 0.3 is 5.97 Å². The van der Waals surface area contributed by atoms with Crippen molar-refractivity contribution in [2.24, 2.45) is 0 Å². The van der Waals surface area contributed by atoms with Gasteiger partial charge in [-0.15, -0.1) is 11.8 Å². The third-order valence-electron chi connectivity index (χ3n) is 4.96. The highest BCUT2D eigenvalue weighted by atomic mass is 32.2. The third-order valence-corrected chi connectivity index (χ3v) is 5.99. The van der Waals surface area contributed by atoms with Crippen molar-refractivity contribution in [3.05, 3.63) is 76.5 Å². The molecule has 0 aliphatic heterocycles. The molecule has 0 saturated heterocycles. The van der Waals surface area contributed by atoms with E-state index in [4.69, 9.17) is 13.7 Å². The first kappa shape index (κ1) is 20.9. The lowest BCUT2D eigenvalue weighted by Crippen LogP contribution is -2.15. The number of nitrogens with zero attached hydrogens (tertiary/aromatic N) is 2. The molecule has 3 aromatic heterocycles. The average Bonchev–Trinajstić information content (AvgIpc) is 3.29. The van der Waals surface area contributed by atoms with E-state index in [9.17, 15) is 9.59 Å². The van der Waals surface area contributed by atoms with E-state index in [1.807, 2.05) is 39.0 Å². The molecule has 4 rings (SSSR count). The standard InChI is InChI=1S/C23H20N2O5S/c1-13-16-7-4-5-9-20(16)29-21(13)19(26)11-28-23(27)17-8-6-10-24-22(17)31-12-18-14(2)25-30-15(18)3/h4-10H,11-12H2,1-3H3. The molecule has 3 heterocycles. The molecule has 0 aliphatic carbocycles. The number of furan rings is 1. The SMILES string of the molecule is Cc1noc(C)c1CSc1ncccc1C(=O)OCC(=O)c1oc2ccccc2c1C. The van der Waals surface area contributed by atoms with Gasteiger partial charge in [0.15, 0.2) is 12.4 Å². The number of pyridine rings is 1. The molecule has 31 heavy (non-hydrogen) atoms. The van der Waals surface area contributed by atoms with Crippen molar-refractivity contribution in [3.63, 3.8) is 0 Å². The first-order valence-corrected chi connectivity index (χ1v) is 10.6. The lowest BCUT2D eigenvalue weighted by molar-refractivity contribution is 0.0464. The number of ketones is 1. The molecule has 0 amide bonds. The van der Waals surface area contributed by atoms with Crippen LogP contribution in [-0.4, -0.2) is 28.5 Å². The summed E-state index contributed by atoms with van der Waals surface area (Å²) in [6, 6.07) is 10.7. The molecule has 0 fully saturated rings. The van der Waals surface area contributed by atoms with E-state index < -0.39 is 18.4 Å². The average molecular weight is 436 g/mol. The summed E-state index contributed by atoms with van der Waals surface area (Å²) < 4.78 is 16.1. The number of ether oxygens (including phenoxy) is 1. The van der Waals surface area contributed by atoms with Crippen LogP contribution in [0.25, 0.3) is 11.0 Å². The fourth-order valence-corrected chi connectivity index (χ4v) is 4.36. The molecular formula is C23H20N2O5S. The molecule has 4 aromatic rings. The smallest absolute Gasteiger partial charge is 0.341 e. The Balaban J connectivity index is 1.45. The molecule has 0 radical (unpaired) electrons. The number of Topliss-reactive ketones (excluding diaryl/α,β-unsaturated/α-hetero) is 1. The van der Waals surface area contributed by atoms with Crippen LogP contribution in [0.2, 0.25) is 0 Å². The minimum atomic E-state index is -0.614. The number of hydrogen-bond acceptors (Lipinski definition) is 8. The predicted molar refractivity (Wildman–Crippen MR) is 115 cm³/mol. The molecule has 7 nitrogen and oxygen atoms in total. The molecule has 1 aromatic carbocycles. The van der Waals surface area contributed by atoms with Gasteiger partial charge in [-0.3, -0.25) is 4.79 Å². The van der Waals surface area contributed by atoms with Crippen molar-refractivity contribution in [1.29, 1.82) is 0 Å². The number of para-hydroxylation sites is 1. The first-order valence-electron chi connectivity index (χ1n) is 9.63. The number of fused-ring (bicyclic) bond motifs is 1. The summed E-state index contributed by atoms with van der Waals surface area (Å²) in [6.07, 6.45) is 1.61. The number of carbonyl (C=O) groups excluding carboxylic acids is 2. The van der Waals surface area contributed by atoms with Gasteiger partial charge in [0.05, 0.1) is 11.3 Å². The second-order valence-corrected chi connectivity index (χ2v) is 7.96. The van der Waals surface area contributed by atoms with Crippen molar-refractivity contribution < 1.29 is 23.3 Å². The van der Waals surface area contributed by atoms with E-state index in [0.29, 0.717) is 21.9 Å². The number of aromatic nitrogens is 2. The van der Waals surface area contributed by atoms with Gasteiger partial charge < -0.3 is 13.7 Å². The molecule has 0 N–H and O–H groups in total. The van der Waals surface area contributed by atoms with E-state index >= 15 is 0 Å². The number of benzene rings is 1. The molecule has 0 unspecified atom stereocenters. The lowest BCUT2D eigenvalue weighted by Gasteiger charge is -2.08. The monoisotopic (exact) mass is 436 g/mol. The summed E-state index contributed by atoms with van der Waals surface area (Å²) in [7, 11) is 0. The van der Waals surface area contributed by atoms with Crippen LogP contribution in [0.3, 0.4) is 0 Å². The van der Waals surface area contributed by atoms with Gasteiger partial charge in [0.25, 0.3) is 0 Å². The van der Waals surface area contributed by atoms with Crippen molar-refractivity contribution in [2.45, 2.75) is 31.6 Å². The summed E-state index contributed by atoms with van der Waals surface area (Å²) in [5.74, 6) is 0.479. The number of hydrogen-bond donors (Lipinski definition) is 0. The number of carbonyl (C=O) groups is 2. The number of thioether (sulfide) groups is 1. The van der Waals surface area contributed by atoms with Gasteiger partial charge in [0.1, 0.15) is 16.4 Å². The maximum absolute atomic E-state index is 12.7. The quantitative estimate of drug-likeness (QED) is 0.225. The van der Waals surface area contributed by atoms with Gasteiger partial charge in [-0.1, -0.05) is 23.4 Å². The Morgan fingerprint density at radius 2 is 1.90 bits per heavy atom. The highest BCUT2D eigenvalue weighted by Crippen LogP contribution is 2.28. The lowest BCUT2D eigenvalue weighted by atomic mass is 10.1. The zero-order chi connectivity index (χ0) is 22.0. The molecule has 0 saturated carbocycles. The highest BCUT2D eigenvalue weighted by Gasteiger charge is 2.21. The van der Waals surface area contributed by atoms with Crippen molar-refractivity contribution in [2.75, 3.05) is 6.61 Å². The molecule has 8 heteroatoms. The largest absolute Gasteiger partial charge is 0.453 e. The zero-order valence-electron chi connectivity index (χ0n) is 17.3. The predicted octanol–water partition coefficient (Wildman–Crippen LogP) is 5.07. The van der Waals surface area contributed by atoms with E-state index in [1.165, 1.54) is 11.8 Å². The maximum Gasteiger partial charge on any atom is 0.341 e. The molecular weight excluding hydrogens is 416 g/mol. The normalized spacial score (nSPS) is 11.1. The van der Waals surface area contributed by atoms with Crippen molar-refractivity contribution in [1.82, 2.24) is 10.1 Å². The van der Waals surface area contributed by atoms with E-state index in [1.54, 1.807) is 24.4 Å². The summed E-state index contributed by atoms with van der Waals surface area (Å²) in [4.78, 5) is 29.6. The van der Waals surface area contributed by atoms with Crippen LogP contribution in [-0.2, 0) is 10.5 Å². The molecule has 0 bridgehead atoms. The fourth-order valence-electron chi connectivity index (χ4n) is 3.22. The van der Waals surface area contributed by atoms with Crippen LogP contribution in [0.5, 0.6) is 0 Å². The van der Waals surface area contributed by atoms with Crippen LogP contribution in [0.15, 0.2) is 56.6 Å². The minimum Gasteiger partial charge on any atom is -0.453 e. The van der Waals surface area contributed by atoms with E-state index in [0.717, 1.165) is 28.0 Å². The minimum absolute atomic E-state index is 0.202. The van der Waals surface area contributed by atoms with Crippen LogP contribution in [0.1, 0.15) is 43.5 Å². The van der Waals surface area contributed by atoms with Crippen LogP contribution in [0, 0.1) is 20.8 Å². The zero-order valence-corrected chi connectivity index (χ0v) is 18.1. The van der Waals surface area contributed by atoms with Crippen molar-refractivity contribution in [3.8, 4) is 0 Å². The highest BCUT2D eigenvalue weighted by molar-refractivity contribution is 7.98. The summed E-state index contributed by atoms with van der Waals surface area (Å²) in [5.41, 5.74) is 3.42. The Morgan fingerprint density at radius 1 is 1.10 bits per heavy atom. The number of esters is 1. The molecule has 0 spiro atoms. The van der Waals surface area contributed by atoms with Gasteiger partial charge in [-0.25, -0.2) is 9.78 Å². The first-order chi connectivity index (χ1) is 15.0. The van der Waals surface area contributed by atoms with Gasteiger partial charge in [0.2, 0.25) is 5.78 Å². The molecule has 158 valence electrons. The van der Waals surface area contributed by atoms with Gasteiger partial charge in [0, 0.05) is 28.5 Å². The van der Waals surface area contributed by atoms with Crippen LogP contribution >= 0.6 is 11.8 Å². The second-order valence-electron chi connectivity index (χ2n) is 7.00. The molecule has 0 atom stereocenters. The second kappa shape index (κ2) is 8.77. The van der Waals surface area contributed by atoms with E-state index in [-0.39, 0.29) is 5.76 Å². The number of rotatable bonds is 7. The van der Waals surface area contributed by atoms with E-state index in [2.05, 4.69) is 10.1 Å². The summed E-state index contributed by atoms with van der Waals surface area (Å²) in [5, 5.41) is 5.32. The third kappa shape index (κ3) is 4.25. The van der Waals surface area contributed by atoms with Gasteiger partial charge in [-0.05, 0) is 39.0 Å². The Bertz CT molecular complexity index is 1250. The summed E-state index contributed by atoms with van der Waals surface area (Å²) in [6.45, 7) is 5.11. The Hall–Kier alpha value is -3.39. The topological polar surface area (TPSA) is 95.4 Å². The summed E-state index contributed by atoms with van der Waals surface area (Å²) >= 11 is 1.38. The van der Waals surface area contributed by atoms with Crippen molar-refractivity contribution >= 4 is 34.5 Å². The fraction of sp³-hybridized carbons (Fsp3) is 0.217. The van der Waals surface area contributed by atoms with Crippen LogP contribution in [0.4, 0.5) is 0 Å². The van der Waals surface area contributed by atoms with Gasteiger partial charge in [-0.2, -0.15) is 0 Å². The van der Waals surface area contributed by atoms with Crippen LogP contribution < -0.4 is 0 Å². The molecule has 0 aliphatic rings. The Morgan fingerprint density at radius 3 is 2.65 bits per heavy atom. The Labute approximate surface area is 182 Å². The maximum atomic E-state index is 12.7. The Kier molecular flexibility index (Phi) is 5.90.